The summed E-state index contributed by atoms with van der Waals surface area (Å²) in [7, 11) is 0. The first kappa shape index (κ1) is 14.4. The van der Waals surface area contributed by atoms with Crippen molar-refractivity contribution in [3.05, 3.63) is 33.2 Å². The minimum Gasteiger partial charge on any atom is -0.269 e. The van der Waals surface area contributed by atoms with Crippen LogP contribution in [0.15, 0.2) is 17.1 Å². The summed E-state index contributed by atoms with van der Waals surface area (Å²) in [6.07, 6.45) is 2.82. The van der Waals surface area contributed by atoms with Gasteiger partial charge < -0.3 is 0 Å². The highest BCUT2D eigenvalue weighted by molar-refractivity contribution is 7.17. The van der Waals surface area contributed by atoms with Crippen LogP contribution in [0.3, 0.4) is 0 Å². The maximum atomic E-state index is 11.5. The molecule has 0 radical (unpaired) electrons. The maximum absolute atomic E-state index is 11.5. The van der Waals surface area contributed by atoms with Crippen molar-refractivity contribution in [2.24, 2.45) is 0 Å². The molecule has 0 unspecified atom stereocenters. The van der Waals surface area contributed by atoms with Gasteiger partial charge in [0.25, 0.3) is 5.56 Å². The number of rotatable bonds is 1. The number of nitrogens with zero attached hydrogens (tertiary/aromatic N) is 2. The van der Waals surface area contributed by atoms with Gasteiger partial charge in [0.15, 0.2) is 4.96 Å². The minimum absolute atomic E-state index is 0. The predicted molar refractivity (Wildman–Crippen MR) is 68.0 cm³/mol. The van der Waals surface area contributed by atoms with Gasteiger partial charge in [-0.1, -0.05) is 6.92 Å². The summed E-state index contributed by atoms with van der Waals surface area (Å²) < 4.78 is 1.61. The van der Waals surface area contributed by atoms with Gasteiger partial charge in [0.05, 0.1) is 0 Å². The molecule has 84 valence electrons. The van der Waals surface area contributed by atoms with Crippen LogP contribution in [0.5, 0.6) is 0 Å². The third-order valence-corrected chi connectivity index (χ3v) is 3.02. The van der Waals surface area contributed by atoms with E-state index in [1.165, 1.54) is 4.88 Å². The Morgan fingerprint density at radius 3 is 2.73 bits per heavy atom. The number of thiazole rings is 1. The summed E-state index contributed by atoms with van der Waals surface area (Å²) in [5.74, 6) is 0. The van der Waals surface area contributed by atoms with E-state index in [0.717, 1.165) is 17.1 Å². The van der Waals surface area contributed by atoms with Gasteiger partial charge in [-0.3, -0.25) is 9.20 Å². The molecule has 2 heterocycles. The Hall–Kier alpha value is -0.580. The highest BCUT2D eigenvalue weighted by Crippen LogP contribution is 2.14. The van der Waals surface area contributed by atoms with E-state index < -0.39 is 0 Å². The molecular formula is C9H12Cl2N2OS. The number of fused-ring (bicyclic) bond motifs is 1. The molecule has 0 saturated carbocycles. The first-order valence-electron chi connectivity index (χ1n) is 4.19. The van der Waals surface area contributed by atoms with Gasteiger partial charge in [-0.05, 0) is 13.3 Å². The monoisotopic (exact) mass is 266 g/mol. The predicted octanol–water partition coefficient (Wildman–Crippen LogP) is 2.47. The number of halogens is 2. The van der Waals surface area contributed by atoms with Crippen LogP contribution >= 0.6 is 36.2 Å². The van der Waals surface area contributed by atoms with Crippen LogP contribution in [-0.2, 0) is 6.42 Å². The van der Waals surface area contributed by atoms with Crippen LogP contribution in [-0.4, -0.2) is 9.38 Å². The van der Waals surface area contributed by atoms with Gasteiger partial charge in [0.2, 0.25) is 0 Å². The molecule has 0 bridgehead atoms. The zero-order chi connectivity index (χ0) is 9.42. The van der Waals surface area contributed by atoms with E-state index in [1.54, 1.807) is 21.8 Å². The van der Waals surface area contributed by atoms with Crippen LogP contribution < -0.4 is 5.56 Å². The standard InChI is InChI=1S/C9H10N2OS.2ClH/c1-3-7-5-11-8(12)4-6(2)10-9(11)13-7;;/h4-5H,3H2,1-2H3;2*1H. The summed E-state index contributed by atoms with van der Waals surface area (Å²) >= 11 is 1.58. The molecule has 0 atom stereocenters. The SMILES string of the molecule is CCc1cn2c(=O)cc(C)nc2s1.Cl.Cl. The van der Waals surface area contributed by atoms with Crippen LogP contribution in [0.1, 0.15) is 17.5 Å². The van der Waals surface area contributed by atoms with Gasteiger partial charge in [-0.2, -0.15) is 0 Å². The van der Waals surface area contributed by atoms with Crippen molar-refractivity contribution in [1.29, 1.82) is 0 Å². The average Bonchev–Trinajstić information content (AvgIpc) is 2.47. The van der Waals surface area contributed by atoms with E-state index in [-0.39, 0.29) is 30.4 Å². The van der Waals surface area contributed by atoms with Gasteiger partial charge >= 0.3 is 0 Å². The second-order valence-corrected chi connectivity index (χ2v) is 4.03. The zero-order valence-electron chi connectivity index (χ0n) is 8.39. The third kappa shape index (κ3) is 2.71. The van der Waals surface area contributed by atoms with E-state index in [0.29, 0.717) is 0 Å². The second-order valence-electron chi connectivity index (χ2n) is 2.94. The molecule has 0 N–H and O–H groups in total. The molecular weight excluding hydrogens is 255 g/mol. The maximum Gasteiger partial charge on any atom is 0.258 e. The number of aryl methyl sites for hydroxylation is 2. The normalized spacial score (nSPS) is 9.47. The molecule has 0 aliphatic rings. The Labute approximate surface area is 104 Å². The smallest absolute Gasteiger partial charge is 0.258 e. The zero-order valence-corrected chi connectivity index (χ0v) is 10.8. The van der Waals surface area contributed by atoms with Crippen molar-refractivity contribution in [1.82, 2.24) is 9.38 Å². The Bertz CT molecular complexity index is 506. The van der Waals surface area contributed by atoms with Crippen LogP contribution in [0.2, 0.25) is 0 Å². The lowest BCUT2D eigenvalue weighted by atomic mass is 10.4. The minimum atomic E-state index is 0. The summed E-state index contributed by atoms with van der Waals surface area (Å²) in [5, 5.41) is 0. The van der Waals surface area contributed by atoms with Gasteiger partial charge in [-0.15, -0.1) is 36.2 Å². The van der Waals surface area contributed by atoms with E-state index in [9.17, 15) is 4.79 Å². The number of hydrogen-bond donors (Lipinski definition) is 0. The average molecular weight is 267 g/mol. The fourth-order valence-electron chi connectivity index (χ4n) is 1.22. The Morgan fingerprint density at radius 2 is 2.13 bits per heavy atom. The highest BCUT2D eigenvalue weighted by atomic mass is 35.5. The molecule has 0 fully saturated rings. The third-order valence-electron chi connectivity index (χ3n) is 1.89. The molecule has 3 nitrogen and oxygen atoms in total. The van der Waals surface area contributed by atoms with Crippen molar-refractivity contribution in [2.75, 3.05) is 0 Å². The lowest BCUT2D eigenvalue weighted by Crippen LogP contribution is -2.11. The fourth-order valence-corrected chi connectivity index (χ4v) is 2.19. The second kappa shape index (κ2) is 5.49. The molecule has 0 aliphatic carbocycles. The summed E-state index contributed by atoms with van der Waals surface area (Å²) in [6.45, 7) is 3.91. The van der Waals surface area contributed by atoms with Gasteiger partial charge in [0.1, 0.15) is 0 Å². The largest absolute Gasteiger partial charge is 0.269 e. The molecule has 0 amide bonds. The fraction of sp³-hybridized carbons (Fsp3) is 0.333. The molecule has 15 heavy (non-hydrogen) atoms. The van der Waals surface area contributed by atoms with E-state index in [2.05, 4.69) is 11.9 Å². The molecule has 2 aromatic rings. The Kier molecular flexibility index (Phi) is 5.28. The van der Waals surface area contributed by atoms with E-state index in [4.69, 9.17) is 0 Å². The van der Waals surface area contributed by atoms with Crippen molar-refractivity contribution >= 4 is 41.1 Å². The van der Waals surface area contributed by atoms with Crippen LogP contribution in [0.4, 0.5) is 0 Å². The van der Waals surface area contributed by atoms with Crippen molar-refractivity contribution in [3.8, 4) is 0 Å². The van der Waals surface area contributed by atoms with Crippen molar-refractivity contribution in [2.45, 2.75) is 20.3 Å². The van der Waals surface area contributed by atoms with Gasteiger partial charge in [0, 0.05) is 22.8 Å². The van der Waals surface area contributed by atoms with Crippen molar-refractivity contribution < 1.29 is 0 Å². The summed E-state index contributed by atoms with van der Waals surface area (Å²) in [4.78, 5) is 17.7. The topological polar surface area (TPSA) is 34.4 Å². The molecule has 0 saturated heterocycles. The molecule has 0 aromatic carbocycles. The molecule has 2 rings (SSSR count). The summed E-state index contributed by atoms with van der Waals surface area (Å²) in [5.41, 5.74) is 0.799. The molecule has 2 aromatic heterocycles. The first-order chi connectivity index (χ1) is 6.20. The lowest BCUT2D eigenvalue weighted by molar-refractivity contribution is 1.03. The first-order valence-corrected chi connectivity index (χ1v) is 5.01. The summed E-state index contributed by atoms with van der Waals surface area (Å²) in [6, 6.07) is 1.55. The molecule has 0 spiro atoms. The Morgan fingerprint density at radius 1 is 1.47 bits per heavy atom. The van der Waals surface area contributed by atoms with Crippen LogP contribution in [0, 0.1) is 6.92 Å². The van der Waals surface area contributed by atoms with Gasteiger partial charge in [-0.25, -0.2) is 4.98 Å². The number of hydrogen-bond acceptors (Lipinski definition) is 3. The van der Waals surface area contributed by atoms with E-state index >= 15 is 0 Å². The Balaban J connectivity index is 0.000000980. The van der Waals surface area contributed by atoms with Crippen LogP contribution in [0.25, 0.3) is 4.96 Å². The molecule has 0 aliphatic heterocycles. The number of aromatic nitrogens is 2. The van der Waals surface area contributed by atoms with E-state index in [1.807, 2.05) is 13.1 Å². The quantitative estimate of drug-likeness (QED) is 0.795. The molecule has 6 heteroatoms. The van der Waals surface area contributed by atoms with Crippen molar-refractivity contribution in [3.63, 3.8) is 0 Å². The lowest BCUT2D eigenvalue weighted by Gasteiger charge is -1.91. The highest BCUT2D eigenvalue weighted by Gasteiger charge is 2.03.